The number of aliphatic hydroxyl groups excluding tert-OH is 1. The van der Waals surface area contributed by atoms with Crippen LogP contribution in [0.3, 0.4) is 0 Å². The van der Waals surface area contributed by atoms with E-state index in [2.05, 4.69) is 25.7 Å². The van der Waals surface area contributed by atoms with Crippen LogP contribution in [0.1, 0.15) is 76.6 Å². The summed E-state index contributed by atoms with van der Waals surface area (Å²) in [6, 6.07) is 12.1. The maximum absolute atomic E-state index is 13.4. The Bertz CT molecular complexity index is 1150. The summed E-state index contributed by atoms with van der Waals surface area (Å²) < 4.78 is 11.7. The summed E-state index contributed by atoms with van der Waals surface area (Å²) >= 11 is 0. The normalized spacial score (nSPS) is 16.9. The molecule has 1 saturated heterocycles. The lowest BCUT2D eigenvalue weighted by molar-refractivity contribution is -0.140. The topological polar surface area (TPSA) is 79.3 Å². The Morgan fingerprint density at radius 3 is 2.31 bits per heavy atom. The van der Waals surface area contributed by atoms with Crippen molar-refractivity contribution in [2.45, 2.75) is 73.0 Å². The minimum atomic E-state index is -0.693. The fourth-order valence-corrected chi connectivity index (χ4v) is 4.87. The predicted octanol–water partition coefficient (Wildman–Crippen LogP) is 6.11. The standard InChI is InChI=1S/C32H44N2O5/c1-7-10-11-20-38-26-15-12-24(13-16-26)29-28(31(36)32(37)34(29)19-18-33(8-2)9-3)30(35)25-14-17-27(23(6)21-25)39-22(4)5/h12-17,21-22,29,35H,7-11,18-20H2,1-6H3. The number of ketones is 1. The van der Waals surface area contributed by atoms with E-state index in [1.807, 2.05) is 45.0 Å². The molecule has 212 valence electrons. The fraction of sp³-hybridized carbons (Fsp3) is 0.500. The lowest BCUT2D eigenvalue weighted by atomic mass is 9.94. The number of amides is 1. The summed E-state index contributed by atoms with van der Waals surface area (Å²) in [5, 5.41) is 11.5. The van der Waals surface area contributed by atoms with E-state index in [-0.39, 0.29) is 17.4 Å². The summed E-state index contributed by atoms with van der Waals surface area (Å²) in [6.45, 7) is 15.5. The molecule has 1 N–H and O–H groups in total. The molecule has 1 heterocycles. The van der Waals surface area contributed by atoms with Crippen molar-refractivity contribution in [1.29, 1.82) is 0 Å². The number of Topliss-reactive ketones (excluding diaryl/α,β-unsaturated/α-hetero) is 1. The first-order valence-corrected chi connectivity index (χ1v) is 14.2. The number of aryl methyl sites for hydroxylation is 1. The Kier molecular flexibility index (Phi) is 11.0. The molecule has 0 aromatic heterocycles. The molecule has 0 aliphatic carbocycles. The summed E-state index contributed by atoms with van der Waals surface area (Å²) in [4.78, 5) is 30.5. The maximum Gasteiger partial charge on any atom is 0.295 e. The molecule has 1 atom stereocenters. The average molecular weight is 537 g/mol. The zero-order valence-electron chi connectivity index (χ0n) is 24.3. The first-order chi connectivity index (χ1) is 18.7. The van der Waals surface area contributed by atoms with E-state index in [9.17, 15) is 14.7 Å². The van der Waals surface area contributed by atoms with Crippen molar-refractivity contribution in [2.24, 2.45) is 0 Å². The molecule has 39 heavy (non-hydrogen) atoms. The van der Waals surface area contributed by atoms with Gasteiger partial charge in [-0.25, -0.2) is 0 Å². The van der Waals surface area contributed by atoms with Crippen LogP contribution in [0, 0.1) is 6.92 Å². The van der Waals surface area contributed by atoms with E-state index in [0.717, 1.165) is 49.2 Å². The van der Waals surface area contributed by atoms with Crippen LogP contribution in [0.15, 0.2) is 48.0 Å². The van der Waals surface area contributed by atoms with Crippen LogP contribution in [0.25, 0.3) is 5.76 Å². The van der Waals surface area contributed by atoms with Crippen molar-refractivity contribution in [3.63, 3.8) is 0 Å². The molecule has 7 nitrogen and oxygen atoms in total. The number of carbonyl (C=O) groups excluding carboxylic acids is 2. The number of carbonyl (C=O) groups is 2. The number of benzene rings is 2. The second kappa shape index (κ2) is 14.2. The molecular formula is C32H44N2O5. The SMILES string of the molecule is CCCCCOc1ccc(C2C(=C(O)c3ccc(OC(C)C)c(C)c3)C(=O)C(=O)N2CCN(CC)CC)cc1. The third-order valence-electron chi connectivity index (χ3n) is 7.12. The van der Waals surface area contributed by atoms with E-state index in [1.54, 1.807) is 23.1 Å². The number of hydrogen-bond acceptors (Lipinski definition) is 6. The number of unbranched alkanes of at least 4 members (excludes halogenated alkanes) is 2. The number of hydrogen-bond donors (Lipinski definition) is 1. The molecule has 2 aromatic carbocycles. The van der Waals surface area contributed by atoms with Crippen molar-refractivity contribution in [3.8, 4) is 11.5 Å². The quantitative estimate of drug-likeness (QED) is 0.136. The third-order valence-corrected chi connectivity index (χ3v) is 7.12. The smallest absolute Gasteiger partial charge is 0.295 e. The molecule has 3 rings (SSSR count). The summed E-state index contributed by atoms with van der Waals surface area (Å²) in [5.41, 5.74) is 2.18. The number of nitrogens with zero attached hydrogens (tertiary/aromatic N) is 2. The second-order valence-electron chi connectivity index (χ2n) is 10.3. The van der Waals surface area contributed by atoms with Gasteiger partial charge in [0.1, 0.15) is 17.3 Å². The van der Waals surface area contributed by atoms with Gasteiger partial charge in [-0.2, -0.15) is 0 Å². The van der Waals surface area contributed by atoms with Crippen LogP contribution < -0.4 is 9.47 Å². The van der Waals surface area contributed by atoms with Gasteiger partial charge in [0.2, 0.25) is 0 Å². The van der Waals surface area contributed by atoms with E-state index in [4.69, 9.17) is 9.47 Å². The molecule has 0 saturated carbocycles. The first-order valence-electron chi connectivity index (χ1n) is 14.2. The first kappa shape index (κ1) is 30.2. The van der Waals surface area contributed by atoms with Crippen molar-refractivity contribution in [3.05, 3.63) is 64.7 Å². The lowest BCUT2D eigenvalue weighted by Gasteiger charge is -2.28. The highest BCUT2D eigenvalue weighted by molar-refractivity contribution is 6.46. The molecule has 1 unspecified atom stereocenters. The molecule has 1 aliphatic heterocycles. The number of rotatable bonds is 14. The Morgan fingerprint density at radius 2 is 1.72 bits per heavy atom. The summed E-state index contributed by atoms with van der Waals surface area (Å²) in [6.07, 6.45) is 3.24. The Labute approximate surface area is 233 Å². The van der Waals surface area contributed by atoms with Crippen LogP contribution in [0.5, 0.6) is 11.5 Å². The third kappa shape index (κ3) is 7.41. The minimum absolute atomic E-state index is 0.0119. The molecular weight excluding hydrogens is 492 g/mol. The van der Waals surface area contributed by atoms with Gasteiger partial charge in [0.05, 0.1) is 24.3 Å². The van der Waals surface area contributed by atoms with Crippen LogP contribution in [-0.4, -0.2) is 65.5 Å². The number of ether oxygens (including phenoxy) is 2. The van der Waals surface area contributed by atoms with Gasteiger partial charge in [-0.3, -0.25) is 9.59 Å². The number of aliphatic hydroxyl groups is 1. The van der Waals surface area contributed by atoms with Gasteiger partial charge >= 0.3 is 0 Å². The predicted molar refractivity (Wildman–Crippen MR) is 155 cm³/mol. The van der Waals surface area contributed by atoms with Crippen molar-refractivity contribution >= 4 is 17.4 Å². The van der Waals surface area contributed by atoms with Crippen LogP contribution in [0.4, 0.5) is 0 Å². The molecule has 1 amide bonds. The molecule has 7 heteroatoms. The van der Waals surface area contributed by atoms with Crippen LogP contribution in [0.2, 0.25) is 0 Å². The van der Waals surface area contributed by atoms with E-state index < -0.39 is 17.7 Å². The van der Waals surface area contributed by atoms with Gasteiger partial charge in [-0.05, 0) is 81.7 Å². The van der Waals surface area contributed by atoms with Crippen LogP contribution in [-0.2, 0) is 9.59 Å². The largest absolute Gasteiger partial charge is 0.507 e. The molecule has 1 fully saturated rings. The number of likely N-dealkylation sites (N-methyl/N-ethyl adjacent to an activating group) is 1. The van der Waals surface area contributed by atoms with Gasteiger partial charge in [-0.15, -0.1) is 0 Å². The zero-order valence-corrected chi connectivity index (χ0v) is 24.3. The van der Waals surface area contributed by atoms with Gasteiger partial charge in [0.25, 0.3) is 11.7 Å². The Hall–Kier alpha value is -3.32. The van der Waals surface area contributed by atoms with E-state index in [1.165, 1.54) is 0 Å². The minimum Gasteiger partial charge on any atom is -0.507 e. The monoisotopic (exact) mass is 536 g/mol. The fourth-order valence-electron chi connectivity index (χ4n) is 4.87. The maximum atomic E-state index is 13.4. The molecule has 0 bridgehead atoms. The van der Waals surface area contributed by atoms with E-state index in [0.29, 0.717) is 31.0 Å². The molecule has 1 aliphatic rings. The molecule has 0 radical (unpaired) electrons. The van der Waals surface area contributed by atoms with Crippen LogP contribution >= 0.6 is 0 Å². The van der Waals surface area contributed by atoms with E-state index >= 15 is 0 Å². The number of likely N-dealkylation sites (tertiary alicyclic amines) is 1. The second-order valence-corrected chi connectivity index (χ2v) is 10.3. The molecule has 2 aromatic rings. The Balaban J connectivity index is 2.01. The van der Waals surface area contributed by atoms with Crippen molar-refractivity contribution in [1.82, 2.24) is 9.80 Å². The van der Waals surface area contributed by atoms with Gasteiger partial charge < -0.3 is 24.4 Å². The summed E-state index contributed by atoms with van der Waals surface area (Å²) in [5.74, 6) is 0.0172. The summed E-state index contributed by atoms with van der Waals surface area (Å²) in [7, 11) is 0. The molecule has 0 spiro atoms. The van der Waals surface area contributed by atoms with Crippen molar-refractivity contribution in [2.75, 3.05) is 32.8 Å². The van der Waals surface area contributed by atoms with Gasteiger partial charge in [-0.1, -0.05) is 45.7 Å². The highest BCUT2D eigenvalue weighted by atomic mass is 16.5. The highest BCUT2D eigenvalue weighted by Gasteiger charge is 2.46. The van der Waals surface area contributed by atoms with Crippen molar-refractivity contribution < 1.29 is 24.2 Å². The lowest BCUT2D eigenvalue weighted by Crippen LogP contribution is -2.38. The van der Waals surface area contributed by atoms with Gasteiger partial charge in [0, 0.05) is 18.7 Å². The Morgan fingerprint density at radius 1 is 1.03 bits per heavy atom. The van der Waals surface area contributed by atoms with Gasteiger partial charge in [0.15, 0.2) is 0 Å². The average Bonchev–Trinajstić information content (AvgIpc) is 3.17. The highest BCUT2D eigenvalue weighted by Crippen LogP contribution is 2.40. The zero-order chi connectivity index (χ0) is 28.5.